The van der Waals surface area contributed by atoms with Crippen LogP contribution >= 0.6 is 22.9 Å². The number of esters is 1. The van der Waals surface area contributed by atoms with E-state index in [9.17, 15) is 14.4 Å². The average Bonchev–Trinajstić information content (AvgIpc) is 3.43. The summed E-state index contributed by atoms with van der Waals surface area (Å²) in [4.78, 5) is 39.4. The third-order valence-electron chi connectivity index (χ3n) is 5.43. The van der Waals surface area contributed by atoms with Gasteiger partial charge in [-0.05, 0) is 62.6 Å². The van der Waals surface area contributed by atoms with Crippen molar-refractivity contribution in [2.45, 2.75) is 38.8 Å². The van der Waals surface area contributed by atoms with Gasteiger partial charge in [0.1, 0.15) is 11.8 Å². The summed E-state index contributed by atoms with van der Waals surface area (Å²) in [5.74, 6) is -0.708. The van der Waals surface area contributed by atoms with E-state index in [1.165, 1.54) is 15.9 Å². The number of halogens is 1. The zero-order chi connectivity index (χ0) is 23.4. The van der Waals surface area contributed by atoms with Gasteiger partial charge in [-0.2, -0.15) is 0 Å². The van der Waals surface area contributed by atoms with E-state index in [0.717, 1.165) is 31.5 Å². The van der Waals surface area contributed by atoms with E-state index in [-0.39, 0.29) is 24.5 Å². The molecule has 4 rings (SSSR count). The van der Waals surface area contributed by atoms with Gasteiger partial charge in [-0.3, -0.25) is 4.79 Å². The van der Waals surface area contributed by atoms with Crippen LogP contribution in [-0.2, 0) is 16.1 Å². The van der Waals surface area contributed by atoms with Crippen LogP contribution in [0.5, 0.6) is 0 Å². The second-order valence-electron chi connectivity index (χ2n) is 7.59. The van der Waals surface area contributed by atoms with Crippen LogP contribution in [0, 0.1) is 0 Å². The fourth-order valence-electron chi connectivity index (χ4n) is 3.87. The molecule has 1 saturated heterocycles. The number of amides is 1. The van der Waals surface area contributed by atoms with Crippen molar-refractivity contribution in [2.75, 3.05) is 18.1 Å². The number of carbonyl (C=O) groups is 2. The molecule has 0 spiro atoms. The van der Waals surface area contributed by atoms with Crippen LogP contribution in [-0.4, -0.2) is 35.6 Å². The molecule has 1 atom stereocenters. The minimum atomic E-state index is -0.548. The number of ether oxygens (including phenoxy) is 1. The molecule has 174 valence electrons. The van der Waals surface area contributed by atoms with Crippen LogP contribution in [0.25, 0.3) is 5.69 Å². The summed E-state index contributed by atoms with van der Waals surface area (Å²) in [5.41, 5.74) is 1.52. The van der Waals surface area contributed by atoms with Crippen molar-refractivity contribution in [1.29, 1.82) is 0 Å². The summed E-state index contributed by atoms with van der Waals surface area (Å²) >= 11 is 7.04. The van der Waals surface area contributed by atoms with Crippen LogP contribution in [0.4, 0.5) is 5.69 Å². The number of hydrogen-bond donors (Lipinski definition) is 1. The maximum atomic E-state index is 12.4. The van der Waals surface area contributed by atoms with Gasteiger partial charge >= 0.3 is 11.7 Å². The second kappa shape index (κ2) is 10.3. The number of piperidine rings is 1. The topological polar surface area (TPSA) is 93.8 Å². The Bertz CT molecular complexity index is 1180. The number of nitrogens with one attached hydrogen (secondary N) is 1. The number of nitrogens with zero attached hydrogens (tertiary/aromatic N) is 2. The number of rotatable bonds is 7. The highest BCUT2D eigenvalue weighted by atomic mass is 35.5. The van der Waals surface area contributed by atoms with Gasteiger partial charge in [-0.25, -0.2) is 14.2 Å². The van der Waals surface area contributed by atoms with Gasteiger partial charge < -0.3 is 19.4 Å². The number of thiophene rings is 1. The molecule has 1 unspecified atom stereocenters. The zero-order valence-electron chi connectivity index (χ0n) is 18.1. The summed E-state index contributed by atoms with van der Waals surface area (Å²) in [5, 5.41) is 2.71. The maximum Gasteiger partial charge on any atom is 0.423 e. The Balaban J connectivity index is 1.45. The molecule has 3 aromatic rings. The molecule has 33 heavy (non-hydrogen) atoms. The summed E-state index contributed by atoms with van der Waals surface area (Å²) in [7, 11) is 0. The number of oxazole rings is 1. The van der Waals surface area contributed by atoms with Gasteiger partial charge in [0.2, 0.25) is 0 Å². The Morgan fingerprint density at radius 1 is 1.18 bits per heavy atom. The highest BCUT2D eigenvalue weighted by Gasteiger charge is 2.30. The molecule has 0 aliphatic carbocycles. The second-order valence-corrected chi connectivity index (χ2v) is 9.31. The van der Waals surface area contributed by atoms with Crippen molar-refractivity contribution in [3.05, 3.63) is 68.1 Å². The number of carbonyl (C=O) groups excluding carboxylic acids is 2. The first-order chi connectivity index (χ1) is 16.0. The van der Waals surface area contributed by atoms with E-state index in [1.54, 1.807) is 37.4 Å². The quantitative estimate of drug-likeness (QED) is 0.504. The summed E-state index contributed by atoms with van der Waals surface area (Å²) in [6, 6.07) is 10.4. The monoisotopic (exact) mass is 489 g/mol. The Hall–Kier alpha value is -3.04. The van der Waals surface area contributed by atoms with E-state index >= 15 is 0 Å². The Morgan fingerprint density at radius 2 is 1.94 bits per heavy atom. The van der Waals surface area contributed by atoms with E-state index in [4.69, 9.17) is 20.8 Å². The molecule has 3 heterocycles. The summed E-state index contributed by atoms with van der Waals surface area (Å²) in [6.07, 6.45) is 4.31. The molecule has 1 aliphatic rings. The van der Waals surface area contributed by atoms with Crippen LogP contribution < -0.4 is 16.0 Å². The predicted molar refractivity (Wildman–Crippen MR) is 126 cm³/mol. The molecule has 2 aromatic heterocycles. The molecule has 0 bridgehead atoms. The Labute approximate surface area is 199 Å². The number of hydrogen-bond acceptors (Lipinski definition) is 7. The highest BCUT2D eigenvalue weighted by molar-refractivity contribution is 7.17. The number of anilines is 1. The average molecular weight is 490 g/mol. The molecule has 1 fully saturated rings. The minimum absolute atomic E-state index is 0.0731. The molecule has 8 nitrogen and oxygen atoms in total. The van der Waals surface area contributed by atoms with Crippen LogP contribution in [0.15, 0.2) is 51.8 Å². The van der Waals surface area contributed by atoms with E-state index in [0.29, 0.717) is 27.3 Å². The Kier molecular flexibility index (Phi) is 7.20. The van der Waals surface area contributed by atoms with Crippen molar-refractivity contribution in [3.8, 4) is 5.69 Å². The SMILES string of the molecule is CCOC(=O)C1CCCCN1c1ccc(-n2cc(CNC(=O)c3ccc(Cl)s3)oc2=O)cc1. The standard InChI is InChI=1S/C23H24ClN3O5S/c1-2-31-22(29)18-5-3-4-12-26(18)15-6-8-16(9-7-15)27-14-17(32-23(27)30)13-25-21(28)19-10-11-20(24)33-19/h6-11,14,18H,2-5,12-13H2,1H3,(H,25,28). The first-order valence-corrected chi connectivity index (χ1v) is 11.9. The molecular formula is C23H24ClN3O5S. The molecule has 0 radical (unpaired) electrons. The predicted octanol–water partition coefficient (Wildman–Crippen LogP) is 4.00. The van der Waals surface area contributed by atoms with Gasteiger partial charge in [-0.1, -0.05) is 11.6 Å². The third kappa shape index (κ3) is 5.31. The van der Waals surface area contributed by atoms with Crippen LogP contribution in [0.2, 0.25) is 4.34 Å². The fraction of sp³-hybridized carbons (Fsp3) is 0.348. The first kappa shape index (κ1) is 23.1. The lowest BCUT2D eigenvalue weighted by Gasteiger charge is -2.35. The van der Waals surface area contributed by atoms with Gasteiger partial charge in [0.05, 0.1) is 34.2 Å². The van der Waals surface area contributed by atoms with Gasteiger partial charge in [0.15, 0.2) is 0 Å². The van der Waals surface area contributed by atoms with Crippen molar-refractivity contribution in [1.82, 2.24) is 9.88 Å². The smallest absolute Gasteiger partial charge is 0.423 e. The van der Waals surface area contributed by atoms with E-state index < -0.39 is 5.76 Å². The van der Waals surface area contributed by atoms with Gasteiger partial charge in [0, 0.05) is 12.2 Å². The lowest BCUT2D eigenvalue weighted by atomic mass is 10.0. The molecular weight excluding hydrogens is 466 g/mol. The first-order valence-electron chi connectivity index (χ1n) is 10.7. The van der Waals surface area contributed by atoms with Gasteiger partial charge in [0.25, 0.3) is 5.91 Å². The lowest BCUT2D eigenvalue weighted by Crippen LogP contribution is -2.45. The van der Waals surface area contributed by atoms with Crippen LogP contribution in [0.3, 0.4) is 0 Å². The molecule has 0 saturated carbocycles. The number of aromatic nitrogens is 1. The third-order valence-corrected chi connectivity index (χ3v) is 6.66. The number of benzene rings is 1. The van der Waals surface area contributed by atoms with E-state index in [1.807, 2.05) is 12.1 Å². The molecule has 10 heteroatoms. The molecule has 1 aliphatic heterocycles. The van der Waals surface area contributed by atoms with Crippen molar-refractivity contribution in [2.24, 2.45) is 0 Å². The minimum Gasteiger partial charge on any atom is -0.464 e. The molecule has 1 amide bonds. The van der Waals surface area contributed by atoms with E-state index in [2.05, 4.69) is 10.2 Å². The highest BCUT2D eigenvalue weighted by Crippen LogP contribution is 2.26. The van der Waals surface area contributed by atoms with Crippen molar-refractivity contribution in [3.63, 3.8) is 0 Å². The Morgan fingerprint density at radius 3 is 2.64 bits per heavy atom. The van der Waals surface area contributed by atoms with Crippen molar-refractivity contribution < 1.29 is 18.7 Å². The van der Waals surface area contributed by atoms with Crippen LogP contribution in [0.1, 0.15) is 41.6 Å². The summed E-state index contributed by atoms with van der Waals surface area (Å²) in [6.45, 7) is 3.01. The van der Waals surface area contributed by atoms with Gasteiger partial charge in [-0.15, -0.1) is 11.3 Å². The zero-order valence-corrected chi connectivity index (χ0v) is 19.7. The largest absolute Gasteiger partial charge is 0.464 e. The molecule has 1 N–H and O–H groups in total. The fourth-order valence-corrected chi connectivity index (χ4v) is 4.83. The molecule has 1 aromatic carbocycles. The normalized spacial score (nSPS) is 15.9. The lowest BCUT2D eigenvalue weighted by molar-refractivity contribution is -0.145. The maximum absolute atomic E-state index is 12.4. The summed E-state index contributed by atoms with van der Waals surface area (Å²) < 4.78 is 12.4. The van der Waals surface area contributed by atoms with Crippen molar-refractivity contribution >= 4 is 40.5 Å².